The lowest BCUT2D eigenvalue weighted by atomic mass is 9.45. The SMILES string of the molecule is CCCCCC(=O)OCC(=O)[C@@]1(O)CC[C@H]2[C@@H]3CCC4=CC(=O)CC[C@]4(C)[C@H]3[C@H](O)C[C@@]21C. The lowest BCUT2D eigenvalue weighted by Crippen LogP contribution is -2.62. The van der Waals surface area contributed by atoms with Gasteiger partial charge in [0.25, 0.3) is 0 Å². The summed E-state index contributed by atoms with van der Waals surface area (Å²) in [6.07, 6.45) is 8.54. The van der Waals surface area contributed by atoms with Gasteiger partial charge in [0.1, 0.15) is 5.60 Å². The van der Waals surface area contributed by atoms with Crippen LogP contribution >= 0.6 is 0 Å². The number of aliphatic hydroxyl groups excluding tert-OH is 1. The molecule has 0 aromatic rings. The normalized spacial score (nSPS) is 42.1. The second-order valence-corrected chi connectivity index (χ2v) is 11.5. The molecule has 6 nitrogen and oxygen atoms in total. The minimum atomic E-state index is -1.59. The standard InChI is InChI=1S/C27H40O6/c1-4-5-6-7-23(31)33-16-22(30)27(32)13-11-20-19-9-8-17-14-18(28)10-12-25(17,2)24(19)21(29)15-26(20,27)3/h14,19-21,24,29,32H,4-13,15-16H2,1-3H3/t19-,20-,21+,24+,25-,26-,27-/m0/s1. The van der Waals surface area contributed by atoms with Crippen LogP contribution in [0.1, 0.15) is 91.4 Å². The minimum Gasteiger partial charge on any atom is -0.458 e. The van der Waals surface area contributed by atoms with Gasteiger partial charge in [0.2, 0.25) is 5.78 Å². The molecule has 33 heavy (non-hydrogen) atoms. The Bertz CT molecular complexity index is 848. The quantitative estimate of drug-likeness (QED) is 0.441. The van der Waals surface area contributed by atoms with Crippen LogP contribution in [0.2, 0.25) is 0 Å². The lowest BCUT2D eigenvalue weighted by molar-refractivity contribution is -0.184. The number of carbonyl (C=O) groups is 3. The zero-order chi connectivity index (χ0) is 24.0. The molecule has 0 saturated heterocycles. The van der Waals surface area contributed by atoms with Crippen LogP contribution in [0, 0.1) is 28.6 Å². The fraction of sp³-hybridized carbons (Fsp3) is 0.815. The van der Waals surface area contributed by atoms with Crippen molar-refractivity contribution in [3.05, 3.63) is 11.6 Å². The van der Waals surface area contributed by atoms with Gasteiger partial charge in [0, 0.05) is 18.3 Å². The summed E-state index contributed by atoms with van der Waals surface area (Å²) in [5, 5.41) is 23.1. The highest BCUT2D eigenvalue weighted by Gasteiger charge is 2.68. The highest BCUT2D eigenvalue weighted by atomic mass is 16.5. The average Bonchev–Trinajstić information content (AvgIpc) is 3.03. The molecule has 6 heteroatoms. The van der Waals surface area contributed by atoms with Crippen LogP contribution in [0.4, 0.5) is 0 Å². The molecule has 0 heterocycles. The molecule has 0 aliphatic heterocycles. The van der Waals surface area contributed by atoms with Crippen molar-refractivity contribution in [2.45, 2.75) is 103 Å². The first-order valence-electron chi connectivity index (χ1n) is 12.9. The Labute approximate surface area is 197 Å². The van der Waals surface area contributed by atoms with Gasteiger partial charge in [-0.1, -0.05) is 39.2 Å². The Morgan fingerprint density at radius 1 is 1.15 bits per heavy atom. The smallest absolute Gasteiger partial charge is 0.306 e. The van der Waals surface area contributed by atoms with Crippen molar-refractivity contribution in [2.75, 3.05) is 6.61 Å². The van der Waals surface area contributed by atoms with E-state index in [0.717, 1.165) is 44.9 Å². The average molecular weight is 461 g/mol. The van der Waals surface area contributed by atoms with Gasteiger partial charge >= 0.3 is 5.97 Å². The second-order valence-electron chi connectivity index (χ2n) is 11.5. The number of rotatable bonds is 7. The zero-order valence-electron chi connectivity index (χ0n) is 20.4. The molecule has 0 aromatic heterocycles. The number of Topliss-reactive ketones (excluding diaryl/α,β-unsaturated/α-hetero) is 1. The lowest BCUT2D eigenvalue weighted by Gasteiger charge is -2.60. The molecule has 4 aliphatic carbocycles. The van der Waals surface area contributed by atoms with Gasteiger partial charge in [-0.3, -0.25) is 14.4 Å². The van der Waals surface area contributed by atoms with Crippen molar-refractivity contribution < 1.29 is 29.3 Å². The Balaban J connectivity index is 1.51. The van der Waals surface area contributed by atoms with Crippen LogP contribution in [0.5, 0.6) is 0 Å². The number of hydrogen-bond acceptors (Lipinski definition) is 6. The first-order chi connectivity index (χ1) is 15.6. The first-order valence-corrected chi connectivity index (χ1v) is 12.9. The van der Waals surface area contributed by atoms with E-state index >= 15 is 0 Å². The Hall–Kier alpha value is -1.53. The summed E-state index contributed by atoms with van der Waals surface area (Å²) < 4.78 is 5.23. The van der Waals surface area contributed by atoms with Gasteiger partial charge < -0.3 is 14.9 Å². The van der Waals surface area contributed by atoms with E-state index in [4.69, 9.17) is 4.74 Å². The van der Waals surface area contributed by atoms with Gasteiger partial charge in [0.05, 0.1) is 6.10 Å². The number of fused-ring (bicyclic) bond motifs is 5. The minimum absolute atomic E-state index is 0.0394. The van der Waals surface area contributed by atoms with Crippen LogP contribution in [0.25, 0.3) is 0 Å². The van der Waals surface area contributed by atoms with Crippen LogP contribution in [0.3, 0.4) is 0 Å². The number of aliphatic hydroxyl groups is 2. The molecule has 0 aromatic carbocycles. The number of ether oxygens (including phenoxy) is 1. The van der Waals surface area contributed by atoms with Crippen molar-refractivity contribution in [1.82, 2.24) is 0 Å². The molecule has 7 atom stereocenters. The Morgan fingerprint density at radius 2 is 1.91 bits per heavy atom. The molecular formula is C27H40O6. The van der Waals surface area contributed by atoms with Crippen molar-refractivity contribution in [2.24, 2.45) is 28.6 Å². The Kier molecular flexibility index (Phi) is 6.65. The molecule has 0 unspecified atom stereocenters. The third kappa shape index (κ3) is 3.91. The van der Waals surface area contributed by atoms with Gasteiger partial charge in [-0.05, 0) is 74.2 Å². The number of ketones is 2. The molecule has 0 bridgehead atoms. The van der Waals surface area contributed by atoms with Crippen molar-refractivity contribution in [3.8, 4) is 0 Å². The van der Waals surface area contributed by atoms with Crippen molar-refractivity contribution >= 4 is 17.5 Å². The summed E-state index contributed by atoms with van der Waals surface area (Å²) >= 11 is 0. The van der Waals surface area contributed by atoms with Gasteiger partial charge in [-0.25, -0.2) is 0 Å². The van der Waals surface area contributed by atoms with E-state index in [1.807, 2.05) is 13.0 Å². The van der Waals surface area contributed by atoms with E-state index in [1.54, 1.807) is 0 Å². The third-order valence-electron chi connectivity index (χ3n) is 9.86. The molecule has 0 radical (unpaired) electrons. The summed E-state index contributed by atoms with van der Waals surface area (Å²) in [6, 6.07) is 0. The number of hydrogen-bond donors (Lipinski definition) is 2. The van der Waals surface area contributed by atoms with E-state index in [0.29, 0.717) is 25.7 Å². The predicted molar refractivity (Wildman–Crippen MR) is 123 cm³/mol. The number of carbonyl (C=O) groups excluding carboxylic acids is 3. The number of allylic oxidation sites excluding steroid dienone is 1. The topological polar surface area (TPSA) is 101 Å². The van der Waals surface area contributed by atoms with Gasteiger partial charge in [-0.2, -0.15) is 0 Å². The molecule has 0 spiro atoms. The molecule has 0 amide bonds. The molecular weight excluding hydrogens is 420 g/mol. The largest absolute Gasteiger partial charge is 0.458 e. The van der Waals surface area contributed by atoms with Crippen molar-refractivity contribution in [3.63, 3.8) is 0 Å². The molecule has 2 N–H and O–H groups in total. The highest BCUT2D eigenvalue weighted by Crippen LogP contribution is 2.67. The molecule has 4 aliphatic rings. The van der Waals surface area contributed by atoms with Gasteiger partial charge in [-0.15, -0.1) is 0 Å². The maximum absolute atomic E-state index is 13.2. The summed E-state index contributed by atoms with van der Waals surface area (Å²) in [6.45, 7) is 5.80. The van der Waals surface area contributed by atoms with Crippen LogP contribution in [0.15, 0.2) is 11.6 Å². The summed E-state index contributed by atoms with van der Waals surface area (Å²) in [5.74, 6) is -0.287. The van der Waals surface area contributed by atoms with Crippen LogP contribution in [-0.4, -0.2) is 46.1 Å². The predicted octanol–water partition coefficient (Wildman–Crippen LogP) is 3.91. The summed E-state index contributed by atoms with van der Waals surface area (Å²) in [7, 11) is 0. The van der Waals surface area contributed by atoms with Gasteiger partial charge in [0.15, 0.2) is 12.4 Å². The zero-order valence-corrected chi connectivity index (χ0v) is 20.4. The van der Waals surface area contributed by atoms with E-state index < -0.39 is 35.5 Å². The van der Waals surface area contributed by atoms with Crippen LogP contribution in [-0.2, 0) is 19.1 Å². The second kappa shape index (κ2) is 8.92. The van der Waals surface area contributed by atoms with E-state index in [-0.39, 0.29) is 29.0 Å². The monoisotopic (exact) mass is 460 g/mol. The molecule has 184 valence electrons. The molecule has 3 saturated carbocycles. The summed E-state index contributed by atoms with van der Waals surface area (Å²) in [4.78, 5) is 37.2. The maximum Gasteiger partial charge on any atom is 0.306 e. The maximum atomic E-state index is 13.2. The van der Waals surface area contributed by atoms with Crippen molar-refractivity contribution in [1.29, 1.82) is 0 Å². The summed E-state index contributed by atoms with van der Waals surface area (Å²) in [5.41, 5.74) is -1.37. The van der Waals surface area contributed by atoms with E-state index in [2.05, 4.69) is 13.8 Å². The fourth-order valence-corrected chi connectivity index (χ4v) is 8.01. The highest BCUT2D eigenvalue weighted by molar-refractivity contribution is 5.92. The van der Waals surface area contributed by atoms with E-state index in [9.17, 15) is 24.6 Å². The Morgan fingerprint density at radius 3 is 2.64 bits per heavy atom. The number of unbranched alkanes of at least 4 members (excludes halogenated alkanes) is 2. The fourth-order valence-electron chi connectivity index (χ4n) is 8.01. The van der Waals surface area contributed by atoms with E-state index in [1.165, 1.54) is 5.57 Å². The molecule has 4 rings (SSSR count). The van der Waals surface area contributed by atoms with Crippen LogP contribution < -0.4 is 0 Å². The molecule has 3 fully saturated rings. The number of esters is 1. The third-order valence-corrected chi connectivity index (χ3v) is 9.86. The first kappa shape index (κ1) is 24.6.